The zero-order valence-electron chi connectivity index (χ0n) is 14.2. The maximum Gasteiger partial charge on any atom is 0.295 e. The zero-order valence-corrected chi connectivity index (χ0v) is 15.0. The van der Waals surface area contributed by atoms with Gasteiger partial charge in [-0.3, -0.25) is 15.5 Å². The Balaban J connectivity index is 1.83. The highest BCUT2D eigenvalue weighted by Gasteiger charge is 2.29. The summed E-state index contributed by atoms with van der Waals surface area (Å²) in [6.45, 7) is 0.830. The summed E-state index contributed by atoms with van der Waals surface area (Å²) < 4.78 is 39.3. The molecule has 8 nitrogen and oxygen atoms in total. The highest BCUT2D eigenvalue weighted by molar-refractivity contribution is 7.89. The quantitative estimate of drug-likeness (QED) is 0.462. The van der Waals surface area contributed by atoms with Crippen molar-refractivity contribution in [2.45, 2.75) is 17.7 Å². The fourth-order valence-corrected chi connectivity index (χ4v) is 4.26. The molecule has 10 heteroatoms. The van der Waals surface area contributed by atoms with Crippen molar-refractivity contribution in [2.24, 2.45) is 5.10 Å². The van der Waals surface area contributed by atoms with Crippen molar-refractivity contribution < 1.29 is 17.7 Å². The predicted octanol–water partition coefficient (Wildman–Crippen LogP) is 2.96. The number of benzene rings is 2. The van der Waals surface area contributed by atoms with Crippen LogP contribution in [0.2, 0.25) is 0 Å². The third-order valence-corrected chi connectivity index (χ3v) is 6.03. The van der Waals surface area contributed by atoms with Crippen molar-refractivity contribution >= 4 is 27.6 Å². The number of anilines is 1. The summed E-state index contributed by atoms with van der Waals surface area (Å²) >= 11 is 0. The molecule has 0 amide bonds. The highest BCUT2D eigenvalue weighted by atomic mass is 32.2. The van der Waals surface area contributed by atoms with Crippen LogP contribution in [0.1, 0.15) is 18.4 Å². The Hall–Kier alpha value is -2.85. The van der Waals surface area contributed by atoms with Crippen molar-refractivity contribution in [1.82, 2.24) is 4.31 Å². The van der Waals surface area contributed by atoms with E-state index in [4.69, 9.17) is 0 Å². The van der Waals surface area contributed by atoms with Gasteiger partial charge in [0.2, 0.25) is 10.0 Å². The number of hydrazone groups is 1. The predicted molar refractivity (Wildman–Crippen MR) is 98.7 cm³/mol. The smallest absolute Gasteiger partial charge is 0.272 e. The summed E-state index contributed by atoms with van der Waals surface area (Å²) in [5.41, 5.74) is 2.79. The Kier molecular flexibility index (Phi) is 5.47. The lowest BCUT2D eigenvalue weighted by molar-refractivity contribution is -0.384. The second-order valence-corrected chi connectivity index (χ2v) is 7.91. The van der Waals surface area contributed by atoms with Gasteiger partial charge in [0.15, 0.2) is 0 Å². The first-order valence-electron chi connectivity index (χ1n) is 8.21. The van der Waals surface area contributed by atoms with Crippen LogP contribution in [0, 0.1) is 15.9 Å². The SMILES string of the molecule is O=[N+]([O-])c1cc(S(=O)(=O)N2CCCC2)ccc1N/N=C/c1ccc(F)cc1. The molecule has 1 aliphatic rings. The molecule has 142 valence electrons. The molecule has 0 radical (unpaired) electrons. The second kappa shape index (κ2) is 7.80. The molecular weight excluding hydrogens is 375 g/mol. The number of hydrogen-bond acceptors (Lipinski definition) is 6. The maximum absolute atomic E-state index is 12.9. The van der Waals surface area contributed by atoms with Crippen LogP contribution in [0.15, 0.2) is 52.5 Å². The van der Waals surface area contributed by atoms with Gasteiger partial charge in [0.25, 0.3) is 5.69 Å². The summed E-state index contributed by atoms with van der Waals surface area (Å²) in [5.74, 6) is -0.384. The van der Waals surface area contributed by atoms with E-state index in [1.54, 1.807) is 0 Å². The summed E-state index contributed by atoms with van der Waals surface area (Å²) in [6, 6.07) is 9.19. The number of nitro benzene ring substituents is 1. The Morgan fingerprint density at radius 1 is 1.15 bits per heavy atom. The Labute approximate surface area is 155 Å². The molecule has 1 aliphatic heterocycles. The molecule has 0 spiro atoms. The summed E-state index contributed by atoms with van der Waals surface area (Å²) in [5, 5.41) is 15.2. The first kappa shape index (κ1) is 18.9. The maximum atomic E-state index is 12.9. The normalized spacial score (nSPS) is 15.3. The average molecular weight is 392 g/mol. The molecule has 0 unspecified atom stereocenters. The van der Waals surface area contributed by atoms with E-state index in [2.05, 4.69) is 10.5 Å². The van der Waals surface area contributed by atoms with Crippen LogP contribution in [0.4, 0.5) is 15.8 Å². The molecule has 0 aliphatic carbocycles. The lowest BCUT2D eigenvalue weighted by atomic mass is 10.2. The minimum absolute atomic E-state index is 0.0544. The largest absolute Gasteiger partial charge is 0.295 e. The van der Waals surface area contributed by atoms with Crippen molar-refractivity contribution in [2.75, 3.05) is 18.5 Å². The van der Waals surface area contributed by atoms with Crippen LogP contribution in [-0.4, -0.2) is 37.0 Å². The van der Waals surface area contributed by atoms with E-state index in [-0.39, 0.29) is 16.4 Å². The molecule has 1 saturated heterocycles. The summed E-state index contributed by atoms with van der Waals surface area (Å²) in [7, 11) is -3.75. The van der Waals surface area contributed by atoms with Gasteiger partial charge >= 0.3 is 0 Å². The molecule has 1 N–H and O–H groups in total. The topological polar surface area (TPSA) is 105 Å². The van der Waals surface area contributed by atoms with Gasteiger partial charge in [-0.15, -0.1) is 0 Å². The van der Waals surface area contributed by atoms with Crippen LogP contribution < -0.4 is 5.43 Å². The Bertz CT molecular complexity index is 971. The molecule has 0 bridgehead atoms. The van der Waals surface area contributed by atoms with E-state index in [1.165, 1.54) is 46.9 Å². The van der Waals surface area contributed by atoms with Gasteiger partial charge in [-0.05, 0) is 42.7 Å². The third-order valence-electron chi connectivity index (χ3n) is 4.14. The van der Waals surface area contributed by atoms with Crippen LogP contribution in [0.25, 0.3) is 0 Å². The number of sulfonamides is 1. The standard InChI is InChI=1S/C17H17FN4O4S/c18-14-5-3-13(4-6-14)12-19-20-16-8-7-15(11-17(16)22(23)24)27(25,26)21-9-1-2-10-21/h3-8,11-12,20H,1-2,9-10H2/b19-12+. The molecule has 0 saturated carbocycles. The van der Waals surface area contributed by atoms with Gasteiger partial charge in [0.1, 0.15) is 11.5 Å². The highest BCUT2D eigenvalue weighted by Crippen LogP contribution is 2.30. The van der Waals surface area contributed by atoms with Crippen LogP contribution in [0.3, 0.4) is 0 Å². The van der Waals surface area contributed by atoms with Gasteiger partial charge in [0, 0.05) is 19.2 Å². The van der Waals surface area contributed by atoms with Crippen molar-refractivity contribution in [3.05, 3.63) is 64.0 Å². The summed E-state index contributed by atoms with van der Waals surface area (Å²) in [6.07, 6.45) is 2.93. The van der Waals surface area contributed by atoms with Crippen molar-refractivity contribution in [1.29, 1.82) is 0 Å². The molecule has 1 fully saturated rings. The molecule has 3 rings (SSSR count). The van der Waals surface area contributed by atoms with Crippen LogP contribution in [0.5, 0.6) is 0 Å². The minimum atomic E-state index is -3.75. The molecule has 0 aromatic heterocycles. The minimum Gasteiger partial charge on any atom is -0.272 e. The molecule has 0 atom stereocenters. The monoisotopic (exact) mass is 392 g/mol. The Morgan fingerprint density at radius 2 is 1.81 bits per heavy atom. The average Bonchev–Trinajstić information content (AvgIpc) is 3.19. The number of rotatable bonds is 6. The second-order valence-electron chi connectivity index (χ2n) is 5.97. The van der Waals surface area contributed by atoms with Crippen LogP contribution in [-0.2, 0) is 10.0 Å². The first-order chi connectivity index (χ1) is 12.9. The zero-order chi connectivity index (χ0) is 19.4. The van der Waals surface area contributed by atoms with E-state index < -0.39 is 20.6 Å². The lowest BCUT2D eigenvalue weighted by Crippen LogP contribution is -2.27. The van der Waals surface area contributed by atoms with Crippen molar-refractivity contribution in [3.8, 4) is 0 Å². The molecule has 1 heterocycles. The third kappa shape index (κ3) is 4.29. The number of hydrogen-bond donors (Lipinski definition) is 1. The summed E-state index contributed by atoms with van der Waals surface area (Å²) in [4.78, 5) is 10.6. The lowest BCUT2D eigenvalue weighted by Gasteiger charge is -2.15. The number of nitro groups is 1. The fourth-order valence-electron chi connectivity index (χ4n) is 2.72. The first-order valence-corrected chi connectivity index (χ1v) is 9.65. The van der Waals surface area contributed by atoms with Gasteiger partial charge in [0.05, 0.1) is 16.0 Å². The number of halogens is 1. The van der Waals surface area contributed by atoms with E-state index >= 15 is 0 Å². The van der Waals surface area contributed by atoms with E-state index in [9.17, 15) is 22.9 Å². The van der Waals surface area contributed by atoms with E-state index in [1.807, 2.05) is 0 Å². The van der Waals surface area contributed by atoms with Gasteiger partial charge < -0.3 is 0 Å². The number of nitrogens with one attached hydrogen (secondary N) is 1. The number of nitrogens with zero attached hydrogens (tertiary/aromatic N) is 3. The van der Waals surface area contributed by atoms with Gasteiger partial charge in [-0.25, -0.2) is 12.8 Å². The van der Waals surface area contributed by atoms with Gasteiger partial charge in [-0.1, -0.05) is 12.1 Å². The molecule has 2 aromatic rings. The van der Waals surface area contributed by atoms with E-state index in [0.29, 0.717) is 18.7 Å². The molecular formula is C17H17FN4O4S. The fraction of sp³-hybridized carbons (Fsp3) is 0.235. The molecule has 2 aromatic carbocycles. The van der Waals surface area contributed by atoms with Crippen molar-refractivity contribution in [3.63, 3.8) is 0 Å². The Morgan fingerprint density at radius 3 is 2.44 bits per heavy atom. The van der Waals surface area contributed by atoms with Gasteiger partial charge in [-0.2, -0.15) is 9.41 Å². The van der Waals surface area contributed by atoms with Crippen LogP contribution >= 0.6 is 0 Å². The molecule has 27 heavy (non-hydrogen) atoms. The van der Waals surface area contributed by atoms with E-state index in [0.717, 1.165) is 18.9 Å².